The highest BCUT2D eigenvalue weighted by molar-refractivity contribution is 5.99. The Bertz CT molecular complexity index is 884. The molecule has 26 heavy (non-hydrogen) atoms. The highest BCUT2D eigenvalue weighted by Gasteiger charge is 2.18. The van der Waals surface area contributed by atoms with Crippen LogP contribution < -0.4 is 15.4 Å². The predicted octanol–water partition coefficient (Wildman–Crippen LogP) is 4.54. The minimum Gasteiger partial charge on any atom is -0.457 e. The number of anilines is 2. The molecule has 0 saturated carbocycles. The Balaban J connectivity index is 1.62. The largest absolute Gasteiger partial charge is 0.457 e. The number of carbonyl (C=O) groups is 1. The molecule has 3 aromatic rings. The van der Waals surface area contributed by atoms with E-state index in [1.165, 1.54) is 0 Å². The molecular weight excluding hydrogens is 330 g/mol. The minimum absolute atomic E-state index is 0.0917. The molecule has 0 aliphatic carbocycles. The summed E-state index contributed by atoms with van der Waals surface area (Å²) in [6, 6.07) is 12.1. The van der Waals surface area contributed by atoms with Crippen molar-refractivity contribution in [2.75, 3.05) is 10.6 Å². The number of H-pyrrole nitrogens is 1. The summed E-state index contributed by atoms with van der Waals surface area (Å²) in [6.45, 7) is 6.17. The molecule has 1 aromatic carbocycles. The van der Waals surface area contributed by atoms with E-state index in [4.69, 9.17) is 4.74 Å². The molecule has 0 unspecified atom stereocenters. The van der Waals surface area contributed by atoms with Crippen molar-refractivity contribution in [3.63, 3.8) is 0 Å². The molecule has 0 atom stereocenters. The van der Waals surface area contributed by atoms with Gasteiger partial charge in [-0.1, -0.05) is 26.8 Å². The molecule has 0 aliphatic rings. The number of aromatic amines is 1. The van der Waals surface area contributed by atoms with Crippen molar-refractivity contribution in [3.8, 4) is 11.5 Å². The van der Waals surface area contributed by atoms with Crippen molar-refractivity contribution in [2.45, 2.75) is 26.2 Å². The topological polar surface area (TPSA) is 91.9 Å². The van der Waals surface area contributed by atoms with Gasteiger partial charge < -0.3 is 10.1 Å². The molecule has 7 nitrogen and oxygen atoms in total. The van der Waals surface area contributed by atoms with Crippen molar-refractivity contribution in [3.05, 3.63) is 60.6 Å². The lowest BCUT2D eigenvalue weighted by atomic mass is 9.92. The van der Waals surface area contributed by atoms with Crippen LogP contribution in [0.5, 0.6) is 11.5 Å². The number of nitrogens with one attached hydrogen (secondary N) is 3. The number of ether oxygens (including phenoxy) is 1. The summed E-state index contributed by atoms with van der Waals surface area (Å²) in [6.07, 6.45) is 3.31. The molecule has 134 valence electrons. The second-order valence-corrected chi connectivity index (χ2v) is 6.81. The number of pyridine rings is 1. The van der Waals surface area contributed by atoms with E-state index in [1.807, 2.05) is 12.1 Å². The molecule has 3 N–H and O–H groups in total. The van der Waals surface area contributed by atoms with E-state index in [0.717, 1.165) is 5.69 Å². The van der Waals surface area contributed by atoms with Crippen LogP contribution in [0, 0.1) is 0 Å². The lowest BCUT2D eigenvalue weighted by molar-refractivity contribution is 0.262. The third-order valence-electron chi connectivity index (χ3n) is 3.57. The van der Waals surface area contributed by atoms with Crippen LogP contribution in [0.25, 0.3) is 0 Å². The summed E-state index contributed by atoms with van der Waals surface area (Å²) in [4.78, 5) is 16.1. The molecule has 0 fully saturated rings. The second-order valence-electron chi connectivity index (χ2n) is 6.81. The number of aromatic nitrogens is 3. The van der Waals surface area contributed by atoms with Gasteiger partial charge in [0.2, 0.25) is 0 Å². The van der Waals surface area contributed by atoms with Crippen LogP contribution in [0.3, 0.4) is 0 Å². The summed E-state index contributed by atoms with van der Waals surface area (Å²) in [5.41, 5.74) is 1.40. The fraction of sp³-hybridized carbons (Fsp3) is 0.211. The van der Waals surface area contributed by atoms with E-state index in [1.54, 1.807) is 42.7 Å². The van der Waals surface area contributed by atoms with Gasteiger partial charge in [-0.2, -0.15) is 5.10 Å². The van der Waals surface area contributed by atoms with Crippen molar-refractivity contribution in [1.82, 2.24) is 15.2 Å². The lowest BCUT2D eigenvalue weighted by Gasteiger charge is -2.13. The van der Waals surface area contributed by atoms with E-state index in [2.05, 4.69) is 46.6 Å². The van der Waals surface area contributed by atoms with E-state index < -0.39 is 0 Å². The fourth-order valence-electron chi connectivity index (χ4n) is 2.23. The number of benzene rings is 1. The van der Waals surface area contributed by atoms with Gasteiger partial charge in [-0.25, -0.2) is 4.79 Å². The smallest absolute Gasteiger partial charge is 0.324 e. The number of urea groups is 1. The van der Waals surface area contributed by atoms with Gasteiger partial charge in [-0.3, -0.25) is 15.4 Å². The summed E-state index contributed by atoms with van der Waals surface area (Å²) < 4.78 is 5.73. The van der Waals surface area contributed by atoms with Crippen molar-refractivity contribution in [1.29, 1.82) is 0 Å². The first-order valence-corrected chi connectivity index (χ1v) is 8.22. The number of nitrogens with zero attached hydrogens (tertiary/aromatic N) is 2. The summed E-state index contributed by atoms with van der Waals surface area (Å²) in [5, 5.41) is 12.5. The normalized spacial score (nSPS) is 11.0. The summed E-state index contributed by atoms with van der Waals surface area (Å²) in [7, 11) is 0. The van der Waals surface area contributed by atoms with Crippen molar-refractivity contribution < 1.29 is 9.53 Å². The molecule has 3 rings (SSSR count). The minimum atomic E-state index is -0.366. The Morgan fingerprint density at radius 2 is 1.81 bits per heavy atom. The van der Waals surface area contributed by atoms with Crippen LogP contribution in [-0.4, -0.2) is 21.2 Å². The lowest BCUT2D eigenvalue weighted by Crippen LogP contribution is -2.19. The standard InChI is InChI=1S/C19H21N5O2/c1-19(2,3)16-12-17(24-23-16)22-18(25)21-13-5-4-6-15(11-13)26-14-7-9-20-10-8-14/h4-12H,1-3H3,(H3,21,22,23,24,25). The molecule has 0 spiro atoms. The maximum atomic E-state index is 12.2. The first kappa shape index (κ1) is 17.5. The van der Waals surface area contributed by atoms with E-state index in [9.17, 15) is 4.79 Å². The van der Waals surface area contributed by atoms with E-state index in [-0.39, 0.29) is 11.4 Å². The Labute approximate surface area is 151 Å². The van der Waals surface area contributed by atoms with Crippen LogP contribution in [0.2, 0.25) is 0 Å². The quantitative estimate of drug-likeness (QED) is 0.643. The van der Waals surface area contributed by atoms with E-state index >= 15 is 0 Å². The molecule has 7 heteroatoms. The average molecular weight is 351 g/mol. The molecule has 2 aromatic heterocycles. The zero-order valence-electron chi connectivity index (χ0n) is 14.9. The number of hydrogen-bond donors (Lipinski definition) is 3. The number of amides is 2. The highest BCUT2D eigenvalue weighted by Crippen LogP contribution is 2.24. The van der Waals surface area contributed by atoms with Crippen LogP contribution in [-0.2, 0) is 5.41 Å². The summed E-state index contributed by atoms with van der Waals surface area (Å²) >= 11 is 0. The Hall–Kier alpha value is -3.35. The second kappa shape index (κ2) is 7.26. The molecule has 0 aliphatic heterocycles. The third kappa shape index (κ3) is 4.60. The Kier molecular flexibility index (Phi) is 4.88. The fourth-order valence-corrected chi connectivity index (χ4v) is 2.23. The molecule has 2 heterocycles. The zero-order chi connectivity index (χ0) is 18.6. The monoisotopic (exact) mass is 351 g/mol. The first-order chi connectivity index (χ1) is 12.4. The number of carbonyl (C=O) groups excluding carboxylic acids is 1. The maximum Gasteiger partial charge on any atom is 0.324 e. The van der Waals surface area contributed by atoms with Gasteiger partial charge in [0.05, 0.1) is 5.69 Å². The van der Waals surface area contributed by atoms with Crippen LogP contribution in [0.15, 0.2) is 54.9 Å². The maximum absolute atomic E-state index is 12.2. The van der Waals surface area contributed by atoms with Crippen LogP contribution in [0.4, 0.5) is 16.3 Å². The van der Waals surface area contributed by atoms with Crippen molar-refractivity contribution in [2.24, 2.45) is 0 Å². The van der Waals surface area contributed by atoms with E-state index in [0.29, 0.717) is 23.0 Å². The van der Waals surface area contributed by atoms with Gasteiger partial charge in [-0.15, -0.1) is 0 Å². The Morgan fingerprint density at radius 3 is 2.50 bits per heavy atom. The number of hydrogen-bond acceptors (Lipinski definition) is 4. The molecule has 0 saturated heterocycles. The van der Waals surface area contributed by atoms with Crippen LogP contribution in [0.1, 0.15) is 26.5 Å². The molecule has 0 bridgehead atoms. The highest BCUT2D eigenvalue weighted by atomic mass is 16.5. The van der Waals surface area contributed by atoms with Gasteiger partial charge in [0.25, 0.3) is 0 Å². The summed E-state index contributed by atoms with van der Waals surface area (Å²) in [5.74, 6) is 1.83. The Morgan fingerprint density at radius 1 is 1.04 bits per heavy atom. The first-order valence-electron chi connectivity index (χ1n) is 8.22. The molecule has 2 amide bonds. The SMILES string of the molecule is CC(C)(C)c1cc(NC(=O)Nc2cccc(Oc3ccncc3)c2)[nH]n1. The average Bonchev–Trinajstić information content (AvgIpc) is 3.05. The van der Waals surface area contributed by atoms with Gasteiger partial charge >= 0.3 is 6.03 Å². The zero-order valence-corrected chi connectivity index (χ0v) is 14.9. The third-order valence-corrected chi connectivity index (χ3v) is 3.57. The van der Waals surface area contributed by atoms with Gasteiger partial charge in [0.1, 0.15) is 17.3 Å². The molecular formula is C19H21N5O2. The van der Waals surface area contributed by atoms with Gasteiger partial charge in [0.15, 0.2) is 0 Å². The van der Waals surface area contributed by atoms with Gasteiger partial charge in [-0.05, 0) is 24.3 Å². The number of rotatable bonds is 4. The van der Waals surface area contributed by atoms with Crippen molar-refractivity contribution >= 4 is 17.5 Å². The van der Waals surface area contributed by atoms with Gasteiger partial charge in [0, 0.05) is 35.6 Å². The van der Waals surface area contributed by atoms with Crippen LogP contribution >= 0.6 is 0 Å². The predicted molar refractivity (Wildman–Crippen MR) is 101 cm³/mol. The molecule has 0 radical (unpaired) electrons.